The number of hydrogen-bond acceptors (Lipinski definition) is 3. The number of furan rings is 2. The second-order valence-corrected chi connectivity index (χ2v) is 7.65. The van der Waals surface area contributed by atoms with Crippen molar-refractivity contribution in [3.63, 3.8) is 0 Å². The Morgan fingerprint density at radius 3 is 2.09 bits per heavy atom. The second-order valence-electron chi connectivity index (χ2n) is 7.65. The number of rotatable bonds is 3. The molecule has 0 fully saturated rings. The van der Waals surface area contributed by atoms with Gasteiger partial charge in [0.15, 0.2) is 5.58 Å². The lowest BCUT2D eigenvalue weighted by atomic mass is 10.0. The molecule has 3 heteroatoms. The van der Waals surface area contributed by atoms with Crippen LogP contribution in [0.3, 0.4) is 0 Å². The van der Waals surface area contributed by atoms with Crippen LogP contribution in [0.4, 0.5) is 11.4 Å². The van der Waals surface area contributed by atoms with Gasteiger partial charge in [0, 0.05) is 38.9 Å². The van der Waals surface area contributed by atoms with Crippen LogP contribution in [0.25, 0.3) is 55.0 Å². The van der Waals surface area contributed by atoms with E-state index in [0.717, 1.165) is 16.8 Å². The van der Waals surface area contributed by atoms with E-state index in [1.165, 1.54) is 0 Å². The number of nitrogens with one attached hydrogen (secondary N) is 1. The van der Waals surface area contributed by atoms with E-state index >= 15 is 0 Å². The Kier molecular flexibility index (Phi) is 2.53. The Morgan fingerprint density at radius 1 is 0.606 bits per heavy atom. The van der Waals surface area contributed by atoms with Crippen LogP contribution in [0.1, 0.15) is 11.0 Å². The summed E-state index contributed by atoms with van der Waals surface area (Å²) in [7, 11) is 0. The lowest BCUT2D eigenvalue weighted by Gasteiger charge is -2.13. The van der Waals surface area contributed by atoms with Gasteiger partial charge in [0.25, 0.3) is 0 Å². The van der Waals surface area contributed by atoms with Gasteiger partial charge in [0.1, 0.15) is 16.7 Å². The largest absolute Gasteiger partial charge is 0.456 e. The fourth-order valence-electron chi connectivity index (χ4n) is 4.33. The van der Waals surface area contributed by atoms with Crippen molar-refractivity contribution in [1.82, 2.24) is 0 Å². The minimum atomic E-state index is -0.444. The average molecular weight is 434 g/mol. The monoisotopic (exact) mass is 433 g/mol. The lowest BCUT2D eigenvalue weighted by Crippen LogP contribution is -1.94. The SMILES string of the molecule is [2H]c1c([2H])c([2H])c2c(oc3cc(Nc4ccccc4-c4ccccc4)c4oc5c([2H])c([2H])c([2H])c([2H])c5c4c32)c1[2H]. The van der Waals surface area contributed by atoms with Crippen molar-refractivity contribution >= 4 is 55.3 Å². The summed E-state index contributed by atoms with van der Waals surface area (Å²) in [4.78, 5) is 0. The summed E-state index contributed by atoms with van der Waals surface area (Å²) in [6.45, 7) is 0. The van der Waals surface area contributed by atoms with Gasteiger partial charge in [0.05, 0.1) is 16.7 Å². The third-order valence-corrected chi connectivity index (χ3v) is 5.75. The van der Waals surface area contributed by atoms with E-state index in [9.17, 15) is 0 Å². The Hall–Kier alpha value is -4.50. The Labute approximate surface area is 201 Å². The third-order valence-electron chi connectivity index (χ3n) is 5.75. The summed E-state index contributed by atoms with van der Waals surface area (Å²) < 4.78 is 79.5. The minimum absolute atomic E-state index is 0.0516. The quantitative estimate of drug-likeness (QED) is 0.302. The van der Waals surface area contributed by atoms with Gasteiger partial charge in [-0.2, -0.15) is 0 Å². The Bertz CT molecular complexity index is 2220. The topological polar surface area (TPSA) is 38.3 Å². The Balaban J connectivity index is 1.65. The van der Waals surface area contributed by atoms with E-state index in [1.54, 1.807) is 6.07 Å². The van der Waals surface area contributed by atoms with E-state index in [4.69, 9.17) is 19.8 Å². The number of fused-ring (bicyclic) bond motifs is 7. The molecule has 0 radical (unpaired) electrons. The predicted octanol–water partition coefficient (Wildman–Crippen LogP) is 8.90. The summed E-state index contributed by atoms with van der Waals surface area (Å²) in [5.74, 6) is 0. The maximum absolute atomic E-state index is 8.72. The molecule has 0 unspecified atom stereocenters. The normalized spacial score (nSPS) is 15.0. The summed E-state index contributed by atoms with van der Waals surface area (Å²) in [5, 5.41) is 4.17. The molecule has 7 rings (SSSR count). The molecule has 0 bridgehead atoms. The number of anilines is 2. The van der Waals surface area contributed by atoms with E-state index < -0.39 is 24.2 Å². The zero-order valence-electron chi connectivity index (χ0n) is 25.1. The molecular weight excluding hydrogens is 406 g/mol. The summed E-state index contributed by atoms with van der Waals surface area (Å²) in [6.07, 6.45) is 0. The number of benzene rings is 5. The molecule has 5 aromatic carbocycles. The molecule has 3 nitrogen and oxygen atoms in total. The first-order valence-corrected chi connectivity index (χ1v) is 10.4. The maximum Gasteiger partial charge on any atom is 0.159 e. The standard InChI is InChI=1S/C30H19NO2/c1-2-10-19(11-3-1)20-12-4-7-15-23(20)31-24-18-27-28(21-13-5-8-16-25(21)32-27)29-22-14-6-9-17-26(22)33-30(24)29/h1-18,31H/i5D,6D,8D,9D,13D,14D,16D,17D. The van der Waals surface area contributed by atoms with Crippen molar-refractivity contribution in [2.24, 2.45) is 0 Å². The van der Waals surface area contributed by atoms with Crippen molar-refractivity contribution in [2.75, 3.05) is 5.32 Å². The molecular formula is C30H19NO2. The molecule has 0 spiro atoms. The molecule has 156 valence electrons. The molecule has 7 aromatic rings. The lowest BCUT2D eigenvalue weighted by molar-refractivity contribution is 0.664. The van der Waals surface area contributed by atoms with Crippen LogP contribution in [0, 0.1) is 0 Å². The first-order valence-electron chi connectivity index (χ1n) is 14.4. The highest BCUT2D eigenvalue weighted by Crippen LogP contribution is 2.44. The van der Waals surface area contributed by atoms with E-state index in [0.29, 0.717) is 5.69 Å². The molecule has 2 heterocycles. The van der Waals surface area contributed by atoms with Crippen molar-refractivity contribution in [3.8, 4) is 11.1 Å². The first-order chi connectivity index (χ1) is 19.7. The van der Waals surface area contributed by atoms with E-state index in [1.807, 2.05) is 54.6 Å². The van der Waals surface area contributed by atoms with Crippen LogP contribution in [0.2, 0.25) is 0 Å². The summed E-state index contributed by atoms with van der Waals surface area (Å²) in [6, 6.07) is 15.9. The smallest absolute Gasteiger partial charge is 0.159 e. The summed E-state index contributed by atoms with van der Waals surface area (Å²) in [5.41, 5.74) is 3.29. The van der Waals surface area contributed by atoms with Crippen molar-refractivity contribution in [3.05, 3.63) is 109 Å². The molecule has 33 heavy (non-hydrogen) atoms. The highest BCUT2D eigenvalue weighted by atomic mass is 16.3. The number of hydrogen-bond donors (Lipinski definition) is 1. The molecule has 0 atom stereocenters. The zero-order valence-corrected chi connectivity index (χ0v) is 17.1. The number of para-hydroxylation sites is 3. The van der Waals surface area contributed by atoms with Gasteiger partial charge in [-0.3, -0.25) is 0 Å². The molecule has 0 aliphatic carbocycles. The van der Waals surface area contributed by atoms with Crippen LogP contribution in [0.15, 0.2) is 118 Å². The van der Waals surface area contributed by atoms with E-state index in [2.05, 4.69) is 5.32 Å². The van der Waals surface area contributed by atoms with Crippen LogP contribution in [-0.4, -0.2) is 0 Å². The van der Waals surface area contributed by atoms with Crippen molar-refractivity contribution in [2.45, 2.75) is 0 Å². The van der Waals surface area contributed by atoms with Gasteiger partial charge < -0.3 is 14.2 Å². The molecule has 0 saturated heterocycles. The predicted molar refractivity (Wildman–Crippen MR) is 136 cm³/mol. The van der Waals surface area contributed by atoms with Crippen molar-refractivity contribution in [1.29, 1.82) is 0 Å². The Morgan fingerprint density at radius 2 is 1.27 bits per heavy atom. The first kappa shape index (κ1) is 11.9. The fourth-order valence-corrected chi connectivity index (χ4v) is 4.33. The molecule has 2 aromatic heterocycles. The highest BCUT2D eigenvalue weighted by molar-refractivity contribution is 6.28. The van der Waals surface area contributed by atoms with Crippen LogP contribution in [0.5, 0.6) is 0 Å². The molecule has 0 aliphatic rings. The van der Waals surface area contributed by atoms with E-state index in [-0.39, 0.29) is 68.0 Å². The average Bonchev–Trinajstić information content (AvgIpc) is 3.57. The molecule has 0 aliphatic heterocycles. The highest BCUT2D eigenvalue weighted by Gasteiger charge is 2.20. The third kappa shape index (κ3) is 2.76. The molecule has 0 saturated carbocycles. The minimum Gasteiger partial charge on any atom is -0.456 e. The van der Waals surface area contributed by atoms with Gasteiger partial charge in [-0.15, -0.1) is 0 Å². The fraction of sp³-hybridized carbons (Fsp3) is 0. The second kappa shape index (κ2) is 7.01. The van der Waals surface area contributed by atoms with Gasteiger partial charge in [-0.1, -0.05) is 84.8 Å². The van der Waals surface area contributed by atoms with Gasteiger partial charge >= 0.3 is 0 Å². The van der Waals surface area contributed by atoms with Crippen molar-refractivity contribution < 1.29 is 19.8 Å². The van der Waals surface area contributed by atoms with Crippen LogP contribution in [-0.2, 0) is 0 Å². The summed E-state index contributed by atoms with van der Waals surface area (Å²) >= 11 is 0. The van der Waals surface area contributed by atoms with Crippen LogP contribution < -0.4 is 5.32 Å². The van der Waals surface area contributed by atoms with Gasteiger partial charge in [0.2, 0.25) is 0 Å². The molecule has 1 N–H and O–H groups in total. The maximum atomic E-state index is 8.72. The zero-order chi connectivity index (χ0) is 28.7. The van der Waals surface area contributed by atoms with Gasteiger partial charge in [-0.25, -0.2) is 0 Å². The molecule has 0 amide bonds. The van der Waals surface area contributed by atoms with Gasteiger partial charge in [-0.05, 0) is 23.7 Å². The van der Waals surface area contributed by atoms with Crippen LogP contribution >= 0.6 is 0 Å².